The molecule has 1 atom stereocenters. The van der Waals surface area contributed by atoms with Crippen LogP contribution in [-0.2, 0) is 15.1 Å². The summed E-state index contributed by atoms with van der Waals surface area (Å²) < 4.78 is 5.54. The van der Waals surface area contributed by atoms with E-state index in [9.17, 15) is 4.79 Å². The zero-order chi connectivity index (χ0) is 16.4. The number of fused-ring (bicyclic) bond motifs is 1. The van der Waals surface area contributed by atoms with Crippen molar-refractivity contribution in [2.75, 3.05) is 19.7 Å². The Labute approximate surface area is 136 Å². The van der Waals surface area contributed by atoms with Crippen LogP contribution in [0.2, 0.25) is 0 Å². The van der Waals surface area contributed by atoms with Crippen LogP contribution in [-0.4, -0.2) is 36.7 Å². The topological polar surface area (TPSA) is 63.2 Å². The molecule has 0 unspecified atom stereocenters. The van der Waals surface area contributed by atoms with Crippen LogP contribution in [0.3, 0.4) is 0 Å². The maximum Gasteiger partial charge on any atom is 0.251 e. The number of rotatable bonds is 3. The summed E-state index contributed by atoms with van der Waals surface area (Å²) in [5, 5.41) is 8.47. The molecule has 1 aromatic carbocycles. The quantitative estimate of drug-likeness (QED) is 0.908. The third kappa shape index (κ3) is 3.35. The van der Waals surface area contributed by atoms with Crippen molar-refractivity contribution < 1.29 is 9.53 Å². The molecule has 1 fully saturated rings. The number of hydrogen-bond donors (Lipinski definition) is 2. The first-order valence-corrected chi connectivity index (χ1v) is 7.98. The van der Waals surface area contributed by atoms with Crippen molar-refractivity contribution in [3.8, 4) is 0 Å². The fraction of sp³-hybridized carbons (Fsp3) is 0.444. The second-order valence-corrected chi connectivity index (χ2v) is 6.51. The lowest BCUT2D eigenvalue weighted by Crippen LogP contribution is -2.52. The first-order chi connectivity index (χ1) is 11.0. The number of aryl methyl sites for hydroxylation is 1. The number of benzene rings is 1. The number of pyridine rings is 1. The molecule has 2 aromatic rings. The summed E-state index contributed by atoms with van der Waals surface area (Å²) in [6.07, 6.45) is -0.445. The minimum atomic E-state index is -0.580. The number of carbonyl (C=O) groups excluding carboxylic acids is 1. The summed E-state index contributed by atoms with van der Waals surface area (Å²) >= 11 is 0. The Kier molecular flexibility index (Phi) is 4.33. The van der Waals surface area contributed by atoms with Gasteiger partial charge in [-0.3, -0.25) is 9.78 Å². The van der Waals surface area contributed by atoms with Crippen LogP contribution >= 0.6 is 0 Å². The number of morpholine rings is 1. The highest BCUT2D eigenvalue weighted by Crippen LogP contribution is 2.27. The monoisotopic (exact) mass is 313 g/mol. The molecule has 0 saturated carbocycles. The Balaban J connectivity index is 1.91. The molecule has 0 radical (unpaired) electrons. The van der Waals surface area contributed by atoms with Crippen LogP contribution in [0.25, 0.3) is 10.8 Å². The van der Waals surface area contributed by atoms with Crippen molar-refractivity contribution in [1.29, 1.82) is 0 Å². The van der Waals surface area contributed by atoms with Crippen molar-refractivity contribution in [2.24, 2.45) is 0 Å². The Bertz CT molecular complexity index is 721. The van der Waals surface area contributed by atoms with Crippen LogP contribution < -0.4 is 10.6 Å². The fourth-order valence-electron chi connectivity index (χ4n) is 2.99. The minimum absolute atomic E-state index is 0.102. The lowest BCUT2D eigenvalue weighted by Gasteiger charge is -2.31. The standard InChI is InChI=1S/C18H23N3O2/c1-12-10-13-6-4-5-7-14(13)16(20-12)18(2,3)21-17(22)15-11-19-8-9-23-15/h4-7,10,15,19H,8-9,11H2,1-3H3,(H,21,22)/t15-/m0/s1. The third-order valence-corrected chi connectivity index (χ3v) is 4.12. The normalized spacial score (nSPS) is 18.8. The number of amides is 1. The molecule has 1 aromatic heterocycles. The largest absolute Gasteiger partial charge is 0.366 e. The van der Waals surface area contributed by atoms with Gasteiger partial charge >= 0.3 is 0 Å². The first-order valence-electron chi connectivity index (χ1n) is 7.98. The number of hydrogen-bond acceptors (Lipinski definition) is 4. The summed E-state index contributed by atoms with van der Waals surface area (Å²) in [6.45, 7) is 7.83. The van der Waals surface area contributed by atoms with E-state index in [1.807, 2.05) is 39.0 Å². The number of nitrogens with one attached hydrogen (secondary N) is 2. The van der Waals surface area contributed by atoms with Gasteiger partial charge in [0.05, 0.1) is 17.8 Å². The van der Waals surface area contributed by atoms with Gasteiger partial charge in [-0.25, -0.2) is 0 Å². The van der Waals surface area contributed by atoms with Crippen molar-refractivity contribution >= 4 is 16.7 Å². The molecular weight excluding hydrogens is 290 g/mol. The summed E-state index contributed by atoms with van der Waals surface area (Å²) in [4.78, 5) is 17.2. The maximum atomic E-state index is 12.5. The van der Waals surface area contributed by atoms with Gasteiger partial charge in [0.25, 0.3) is 5.91 Å². The molecule has 1 amide bonds. The van der Waals surface area contributed by atoms with Gasteiger partial charge < -0.3 is 15.4 Å². The molecule has 5 heteroatoms. The molecule has 0 aliphatic carbocycles. The highest BCUT2D eigenvalue weighted by molar-refractivity contribution is 5.87. The zero-order valence-electron chi connectivity index (χ0n) is 13.8. The molecule has 23 heavy (non-hydrogen) atoms. The van der Waals surface area contributed by atoms with Gasteiger partial charge in [-0.2, -0.15) is 0 Å². The lowest BCUT2D eigenvalue weighted by atomic mass is 9.94. The van der Waals surface area contributed by atoms with Gasteiger partial charge in [0.2, 0.25) is 0 Å². The average molecular weight is 313 g/mol. The summed E-state index contributed by atoms with van der Waals surface area (Å²) in [5.74, 6) is -0.102. The van der Waals surface area contributed by atoms with E-state index >= 15 is 0 Å². The zero-order valence-corrected chi connectivity index (χ0v) is 13.8. The Hall–Kier alpha value is -1.98. The van der Waals surface area contributed by atoms with Gasteiger partial charge in [0.15, 0.2) is 0 Å². The van der Waals surface area contributed by atoms with E-state index in [2.05, 4.69) is 22.8 Å². The molecule has 0 bridgehead atoms. The van der Waals surface area contributed by atoms with Gasteiger partial charge in [0.1, 0.15) is 6.10 Å². The lowest BCUT2D eigenvalue weighted by molar-refractivity contribution is -0.136. The van der Waals surface area contributed by atoms with Crippen molar-refractivity contribution in [2.45, 2.75) is 32.4 Å². The van der Waals surface area contributed by atoms with Crippen LogP contribution in [0.4, 0.5) is 0 Å². The van der Waals surface area contributed by atoms with Gasteiger partial charge in [0, 0.05) is 24.2 Å². The highest BCUT2D eigenvalue weighted by Gasteiger charge is 2.31. The van der Waals surface area contributed by atoms with Gasteiger partial charge in [-0.05, 0) is 32.2 Å². The fourth-order valence-corrected chi connectivity index (χ4v) is 2.99. The van der Waals surface area contributed by atoms with E-state index in [-0.39, 0.29) is 5.91 Å². The number of carbonyl (C=O) groups is 1. The van der Waals surface area contributed by atoms with E-state index in [1.54, 1.807) is 0 Å². The molecule has 3 rings (SSSR count). The molecule has 122 valence electrons. The highest BCUT2D eigenvalue weighted by atomic mass is 16.5. The molecule has 1 aliphatic heterocycles. The molecule has 1 aliphatic rings. The third-order valence-electron chi connectivity index (χ3n) is 4.12. The molecule has 0 spiro atoms. The second kappa shape index (κ2) is 6.26. The van der Waals surface area contributed by atoms with Crippen LogP contribution in [0, 0.1) is 6.92 Å². The van der Waals surface area contributed by atoms with Gasteiger partial charge in [-0.15, -0.1) is 0 Å². The van der Waals surface area contributed by atoms with E-state index < -0.39 is 11.6 Å². The Morgan fingerprint density at radius 1 is 1.39 bits per heavy atom. The van der Waals surface area contributed by atoms with E-state index in [0.717, 1.165) is 28.7 Å². The molecule has 2 heterocycles. The Morgan fingerprint density at radius 2 is 2.17 bits per heavy atom. The van der Waals surface area contributed by atoms with Crippen molar-refractivity contribution in [1.82, 2.24) is 15.6 Å². The molecule has 5 nitrogen and oxygen atoms in total. The SMILES string of the molecule is Cc1cc2ccccc2c(C(C)(C)NC(=O)[C@@H]2CNCCO2)n1. The summed E-state index contributed by atoms with van der Waals surface area (Å²) in [7, 11) is 0. The molecule has 2 N–H and O–H groups in total. The number of ether oxygens (including phenoxy) is 1. The maximum absolute atomic E-state index is 12.5. The smallest absolute Gasteiger partial charge is 0.251 e. The predicted molar refractivity (Wildman–Crippen MR) is 90.3 cm³/mol. The van der Waals surface area contributed by atoms with E-state index in [4.69, 9.17) is 9.72 Å². The van der Waals surface area contributed by atoms with Crippen molar-refractivity contribution in [3.05, 3.63) is 41.7 Å². The average Bonchev–Trinajstić information content (AvgIpc) is 2.54. The number of nitrogens with zero attached hydrogens (tertiary/aromatic N) is 1. The minimum Gasteiger partial charge on any atom is -0.366 e. The Morgan fingerprint density at radius 3 is 2.91 bits per heavy atom. The molecular formula is C18H23N3O2. The second-order valence-electron chi connectivity index (χ2n) is 6.51. The van der Waals surface area contributed by atoms with Gasteiger partial charge in [-0.1, -0.05) is 24.3 Å². The summed E-state index contributed by atoms with van der Waals surface area (Å²) in [6, 6.07) is 10.2. The first kappa shape index (κ1) is 15.9. The van der Waals surface area contributed by atoms with E-state index in [1.165, 1.54) is 0 Å². The van der Waals surface area contributed by atoms with Crippen LogP contribution in [0.1, 0.15) is 25.2 Å². The predicted octanol–water partition coefficient (Wildman–Crippen LogP) is 1.88. The van der Waals surface area contributed by atoms with Crippen molar-refractivity contribution in [3.63, 3.8) is 0 Å². The van der Waals surface area contributed by atoms with Crippen LogP contribution in [0.15, 0.2) is 30.3 Å². The van der Waals surface area contributed by atoms with Crippen LogP contribution in [0.5, 0.6) is 0 Å². The van der Waals surface area contributed by atoms with E-state index in [0.29, 0.717) is 13.2 Å². The number of aromatic nitrogens is 1. The molecule has 1 saturated heterocycles. The summed E-state index contributed by atoms with van der Waals surface area (Å²) in [5.41, 5.74) is 1.24.